The summed E-state index contributed by atoms with van der Waals surface area (Å²) in [5.74, 6) is 0.661. The molecule has 0 spiro atoms. The van der Waals surface area contributed by atoms with Gasteiger partial charge in [-0.15, -0.1) is 0 Å². The van der Waals surface area contributed by atoms with Gasteiger partial charge < -0.3 is 24.5 Å². The minimum absolute atomic E-state index is 0.120. The van der Waals surface area contributed by atoms with Crippen LogP contribution < -0.4 is 15.7 Å². The van der Waals surface area contributed by atoms with Crippen molar-refractivity contribution < 1.29 is 23.8 Å². The van der Waals surface area contributed by atoms with Gasteiger partial charge in [0.25, 0.3) is 5.91 Å². The van der Waals surface area contributed by atoms with Crippen molar-refractivity contribution in [2.24, 2.45) is 5.92 Å². The molecule has 37 heavy (non-hydrogen) atoms. The first-order valence-corrected chi connectivity index (χ1v) is 13.8. The first-order valence-electron chi connectivity index (χ1n) is 13.8. The normalized spacial score (nSPS) is 21.5. The fraction of sp³-hybridized carbons (Fsp3) is 0.621. The molecule has 4 rings (SSSR count). The Hall–Kier alpha value is -2.87. The van der Waals surface area contributed by atoms with Crippen LogP contribution in [0.15, 0.2) is 33.5 Å². The minimum Gasteiger partial charge on any atom is -0.484 e. The third-order valence-electron chi connectivity index (χ3n) is 7.86. The zero-order valence-electron chi connectivity index (χ0n) is 21.9. The molecule has 8 heteroatoms. The molecule has 2 fully saturated rings. The Balaban J connectivity index is 1.11. The van der Waals surface area contributed by atoms with Gasteiger partial charge >= 0.3 is 5.63 Å². The summed E-state index contributed by atoms with van der Waals surface area (Å²) in [5.41, 5.74) is 0.466. The van der Waals surface area contributed by atoms with Crippen molar-refractivity contribution in [3.05, 3.63) is 40.2 Å². The summed E-state index contributed by atoms with van der Waals surface area (Å²) in [7, 11) is 0. The highest BCUT2D eigenvalue weighted by atomic mass is 16.5. The number of piperidine rings is 1. The van der Waals surface area contributed by atoms with E-state index < -0.39 is 5.60 Å². The summed E-state index contributed by atoms with van der Waals surface area (Å²) in [6.07, 6.45) is 9.50. The van der Waals surface area contributed by atoms with Crippen LogP contribution in [0.1, 0.15) is 76.7 Å². The number of amides is 2. The van der Waals surface area contributed by atoms with Crippen LogP contribution in [0.25, 0.3) is 11.0 Å². The van der Waals surface area contributed by atoms with E-state index in [1.54, 1.807) is 12.1 Å². The van der Waals surface area contributed by atoms with E-state index in [2.05, 4.69) is 12.2 Å². The number of carbonyl (C=O) groups excluding carboxylic acids is 2. The lowest BCUT2D eigenvalue weighted by Crippen LogP contribution is -2.54. The van der Waals surface area contributed by atoms with E-state index in [4.69, 9.17) is 9.15 Å². The predicted octanol–water partition coefficient (Wildman–Crippen LogP) is 3.95. The number of benzene rings is 1. The number of unbranched alkanes of at least 4 members (excludes halogenated alkanes) is 2. The molecule has 1 aromatic heterocycles. The van der Waals surface area contributed by atoms with Crippen LogP contribution in [-0.2, 0) is 16.0 Å². The number of likely N-dealkylation sites (tertiary alicyclic amines) is 1. The van der Waals surface area contributed by atoms with Crippen molar-refractivity contribution >= 4 is 22.8 Å². The summed E-state index contributed by atoms with van der Waals surface area (Å²) >= 11 is 0. The zero-order chi connectivity index (χ0) is 26.3. The molecule has 1 saturated heterocycles. The van der Waals surface area contributed by atoms with E-state index >= 15 is 0 Å². The molecule has 1 aliphatic carbocycles. The second-order valence-corrected chi connectivity index (χ2v) is 10.6. The van der Waals surface area contributed by atoms with E-state index in [0.717, 1.165) is 68.7 Å². The van der Waals surface area contributed by atoms with Crippen LogP contribution in [0.5, 0.6) is 5.75 Å². The van der Waals surface area contributed by atoms with Crippen LogP contribution in [0.4, 0.5) is 0 Å². The molecule has 0 radical (unpaired) electrons. The van der Waals surface area contributed by atoms with Gasteiger partial charge in [0, 0.05) is 49.5 Å². The molecule has 2 N–H and O–H groups in total. The van der Waals surface area contributed by atoms with Crippen LogP contribution in [0.2, 0.25) is 0 Å². The third kappa shape index (κ3) is 7.12. The van der Waals surface area contributed by atoms with Gasteiger partial charge in [0.05, 0.1) is 5.60 Å². The highest BCUT2D eigenvalue weighted by molar-refractivity contribution is 5.82. The molecule has 1 saturated carbocycles. The first-order chi connectivity index (χ1) is 17.9. The molecule has 0 bridgehead atoms. The van der Waals surface area contributed by atoms with Crippen molar-refractivity contribution in [2.45, 2.75) is 83.2 Å². The second-order valence-electron chi connectivity index (χ2n) is 10.6. The van der Waals surface area contributed by atoms with Gasteiger partial charge in [0.15, 0.2) is 6.61 Å². The molecule has 0 unspecified atom stereocenters. The smallest absolute Gasteiger partial charge is 0.336 e. The number of nitrogens with zero attached hydrogens (tertiary/aromatic N) is 1. The van der Waals surface area contributed by atoms with Crippen LogP contribution in [0.3, 0.4) is 0 Å². The lowest BCUT2D eigenvalue weighted by atomic mass is 9.71. The Bertz CT molecular complexity index is 1140. The lowest BCUT2D eigenvalue weighted by Gasteiger charge is -2.47. The third-order valence-corrected chi connectivity index (χ3v) is 7.86. The van der Waals surface area contributed by atoms with Gasteiger partial charge in [-0.25, -0.2) is 4.79 Å². The van der Waals surface area contributed by atoms with E-state index in [9.17, 15) is 19.5 Å². The van der Waals surface area contributed by atoms with Gasteiger partial charge in [-0.2, -0.15) is 0 Å². The number of ether oxygens (including phenoxy) is 1. The molecule has 1 aliphatic heterocycles. The molecule has 202 valence electrons. The van der Waals surface area contributed by atoms with Crippen molar-refractivity contribution in [2.75, 3.05) is 26.2 Å². The van der Waals surface area contributed by atoms with Crippen molar-refractivity contribution in [3.63, 3.8) is 0 Å². The number of nitrogens with one attached hydrogen (secondary N) is 1. The Labute approximate surface area is 218 Å². The van der Waals surface area contributed by atoms with Crippen LogP contribution >= 0.6 is 0 Å². The number of hydrogen-bond donors (Lipinski definition) is 2. The zero-order valence-corrected chi connectivity index (χ0v) is 21.9. The summed E-state index contributed by atoms with van der Waals surface area (Å²) in [6, 6.07) is 6.82. The van der Waals surface area contributed by atoms with Gasteiger partial charge in [-0.3, -0.25) is 9.59 Å². The molecule has 8 nitrogen and oxygen atoms in total. The highest BCUT2D eigenvalue weighted by Gasteiger charge is 2.43. The number of rotatable bonds is 11. The highest BCUT2D eigenvalue weighted by Crippen LogP contribution is 2.39. The average Bonchev–Trinajstić information content (AvgIpc) is 2.88. The topological polar surface area (TPSA) is 109 Å². The van der Waals surface area contributed by atoms with Crippen molar-refractivity contribution in [1.82, 2.24) is 10.2 Å². The maximum atomic E-state index is 12.6. The van der Waals surface area contributed by atoms with E-state index in [1.807, 2.05) is 11.0 Å². The molecule has 2 aromatic rings. The molecule has 2 atom stereocenters. The molecule has 2 amide bonds. The van der Waals surface area contributed by atoms with E-state index in [1.165, 1.54) is 6.07 Å². The van der Waals surface area contributed by atoms with Gasteiger partial charge in [-0.05, 0) is 56.2 Å². The maximum Gasteiger partial charge on any atom is 0.336 e. The number of hydrogen-bond acceptors (Lipinski definition) is 6. The van der Waals surface area contributed by atoms with Gasteiger partial charge in [0.2, 0.25) is 5.91 Å². The SMILES string of the molecule is CCCc1cc(=O)oc2cc(OCC(=O)NCCCCCC(=O)N3CC[C@]4(O)CCCC[C@@H]4C3)ccc12. The second kappa shape index (κ2) is 12.6. The molecular weight excluding hydrogens is 472 g/mol. The number of fused-ring (bicyclic) bond motifs is 2. The average molecular weight is 513 g/mol. The quantitative estimate of drug-likeness (QED) is 0.349. The largest absolute Gasteiger partial charge is 0.484 e. The standard InChI is InChI=1S/C29H40N2O6/c1-2-8-21-17-28(34)37-25-18-23(11-12-24(21)25)36-20-26(32)30-15-7-3-4-10-27(33)31-16-14-29(35)13-6-5-9-22(29)19-31/h11-12,17-18,22,35H,2-10,13-16,19-20H2,1H3,(H,30,32)/t22-,29-/m1/s1. The van der Waals surface area contributed by atoms with Gasteiger partial charge in [-0.1, -0.05) is 32.6 Å². The summed E-state index contributed by atoms with van der Waals surface area (Å²) < 4.78 is 10.9. The molecular formula is C29H40N2O6. The Morgan fingerprint density at radius 1 is 1.19 bits per heavy atom. The lowest BCUT2D eigenvalue weighted by molar-refractivity contribution is -0.143. The van der Waals surface area contributed by atoms with E-state index in [0.29, 0.717) is 43.8 Å². The number of carbonyl (C=O) groups is 2. The van der Waals surface area contributed by atoms with Gasteiger partial charge in [0.1, 0.15) is 11.3 Å². The number of aliphatic hydroxyl groups is 1. The predicted molar refractivity (Wildman–Crippen MR) is 142 cm³/mol. The van der Waals surface area contributed by atoms with Crippen molar-refractivity contribution in [3.8, 4) is 5.75 Å². The Morgan fingerprint density at radius 2 is 2.05 bits per heavy atom. The summed E-state index contributed by atoms with van der Waals surface area (Å²) in [4.78, 5) is 38.6. The van der Waals surface area contributed by atoms with Crippen LogP contribution in [-0.4, -0.2) is 53.7 Å². The first kappa shape index (κ1) is 27.2. The Kier molecular flexibility index (Phi) is 9.24. The van der Waals surface area contributed by atoms with Crippen LogP contribution in [0, 0.1) is 5.92 Å². The van der Waals surface area contributed by atoms with Crippen molar-refractivity contribution in [1.29, 1.82) is 0 Å². The summed E-state index contributed by atoms with van der Waals surface area (Å²) in [6.45, 7) is 3.82. The fourth-order valence-electron chi connectivity index (χ4n) is 5.74. The molecule has 2 aliphatic rings. The maximum absolute atomic E-state index is 12.6. The monoisotopic (exact) mass is 512 g/mol. The fourth-order valence-corrected chi connectivity index (χ4v) is 5.74. The molecule has 2 heterocycles. The molecule has 1 aromatic carbocycles. The Morgan fingerprint density at radius 3 is 2.89 bits per heavy atom. The van der Waals surface area contributed by atoms with E-state index in [-0.39, 0.29) is 30.0 Å². The minimum atomic E-state index is -0.556. The number of aryl methyl sites for hydroxylation is 1. The summed E-state index contributed by atoms with van der Waals surface area (Å²) in [5, 5.41) is 14.5.